The van der Waals surface area contributed by atoms with E-state index < -0.39 is 24.0 Å². The lowest BCUT2D eigenvalue weighted by atomic mass is 10.0. The van der Waals surface area contributed by atoms with Gasteiger partial charge in [-0.25, -0.2) is 4.79 Å². The first kappa shape index (κ1) is 16.6. The first-order chi connectivity index (χ1) is 8.27. The fourth-order valence-corrected chi connectivity index (χ4v) is 1.51. The Bertz CT molecular complexity index is 312. The lowest BCUT2D eigenvalue weighted by Gasteiger charge is -2.19. The molecule has 5 nitrogen and oxygen atoms in total. The number of nitrogens with one attached hydrogen (secondary N) is 1. The Morgan fingerprint density at radius 2 is 1.94 bits per heavy atom. The van der Waals surface area contributed by atoms with Crippen molar-refractivity contribution in [2.24, 2.45) is 5.92 Å². The van der Waals surface area contributed by atoms with Crippen molar-refractivity contribution in [3.8, 4) is 0 Å². The van der Waals surface area contributed by atoms with Crippen molar-refractivity contribution in [1.82, 2.24) is 5.32 Å². The zero-order valence-corrected chi connectivity index (χ0v) is 11.5. The van der Waals surface area contributed by atoms with Crippen molar-refractivity contribution >= 4 is 11.9 Å². The highest BCUT2D eigenvalue weighted by Gasteiger charge is 2.25. The third-order valence-electron chi connectivity index (χ3n) is 2.35. The summed E-state index contributed by atoms with van der Waals surface area (Å²) in [6.07, 6.45) is -0.457. The van der Waals surface area contributed by atoms with Crippen molar-refractivity contribution in [3.05, 3.63) is 12.2 Å². The van der Waals surface area contributed by atoms with Crippen molar-refractivity contribution < 1.29 is 19.4 Å². The number of rotatable bonds is 7. The van der Waals surface area contributed by atoms with Crippen LogP contribution in [0.15, 0.2) is 12.2 Å². The van der Waals surface area contributed by atoms with Crippen LogP contribution in [0.2, 0.25) is 0 Å². The van der Waals surface area contributed by atoms with Crippen LogP contribution < -0.4 is 5.32 Å². The van der Waals surface area contributed by atoms with Crippen molar-refractivity contribution in [1.29, 1.82) is 0 Å². The van der Waals surface area contributed by atoms with Crippen LogP contribution in [0.4, 0.5) is 0 Å². The number of methoxy groups -OCH3 is 1. The molecule has 0 spiro atoms. The van der Waals surface area contributed by atoms with Crippen LogP contribution in [0.5, 0.6) is 0 Å². The molecule has 0 aromatic carbocycles. The molecule has 2 N–H and O–H groups in total. The maximum atomic E-state index is 11.7. The molecule has 0 heterocycles. The summed E-state index contributed by atoms with van der Waals surface area (Å²) in [6.45, 7) is 9.26. The minimum atomic E-state index is -1.11. The van der Waals surface area contributed by atoms with E-state index in [9.17, 15) is 14.7 Å². The molecule has 0 bridgehead atoms. The number of aliphatic hydroxyl groups excluding tert-OH is 1. The molecule has 0 aromatic rings. The van der Waals surface area contributed by atoms with Crippen LogP contribution in [0.1, 0.15) is 33.6 Å². The topological polar surface area (TPSA) is 75.6 Å². The van der Waals surface area contributed by atoms with Gasteiger partial charge in [-0.2, -0.15) is 0 Å². The predicted octanol–water partition coefficient (Wildman–Crippen LogP) is 1.02. The number of amides is 1. The second kappa shape index (κ2) is 7.87. The van der Waals surface area contributed by atoms with Gasteiger partial charge in [-0.15, -0.1) is 6.58 Å². The van der Waals surface area contributed by atoms with Crippen LogP contribution in [0.25, 0.3) is 0 Å². The number of ether oxygens (including phenoxy) is 1. The summed E-state index contributed by atoms with van der Waals surface area (Å²) in [5.74, 6) is -0.896. The number of hydrogen-bond donors (Lipinski definition) is 2. The fourth-order valence-electron chi connectivity index (χ4n) is 1.51. The average Bonchev–Trinajstić information content (AvgIpc) is 2.25. The largest absolute Gasteiger partial charge is 0.467 e. The van der Waals surface area contributed by atoms with E-state index in [2.05, 4.69) is 16.6 Å². The summed E-state index contributed by atoms with van der Waals surface area (Å²) >= 11 is 0. The van der Waals surface area contributed by atoms with E-state index >= 15 is 0 Å². The first-order valence-corrected chi connectivity index (χ1v) is 5.98. The molecule has 0 aliphatic carbocycles. The summed E-state index contributed by atoms with van der Waals surface area (Å²) in [7, 11) is 1.25. The average molecular weight is 257 g/mol. The minimum Gasteiger partial charge on any atom is -0.467 e. The highest BCUT2D eigenvalue weighted by molar-refractivity contribution is 5.86. The molecule has 0 fully saturated rings. The van der Waals surface area contributed by atoms with E-state index in [4.69, 9.17) is 0 Å². The molecular formula is C13H23NO4. The van der Waals surface area contributed by atoms with E-state index in [-0.39, 0.29) is 5.92 Å². The summed E-state index contributed by atoms with van der Waals surface area (Å²) < 4.78 is 4.60. The van der Waals surface area contributed by atoms with E-state index in [0.717, 1.165) is 5.57 Å². The summed E-state index contributed by atoms with van der Waals surface area (Å²) in [5.41, 5.74) is 0.754. The molecule has 18 heavy (non-hydrogen) atoms. The van der Waals surface area contributed by atoms with Gasteiger partial charge in [-0.05, 0) is 25.7 Å². The second-order valence-corrected chi connectivity index (χ2v) is 4.89. The SMILES string of the molecule is C=C(C)C[C@@H](NC(=O)[C@H](O)CC(C)C)C(=O)OC. The third-order valence-corrected chi connectivity index (χ3v) is 2.35. The van der Waals surface area contributed by atoms with Crippen LogP contribution in [0.3, 0.4) is 0 Å². The molecule has 2 atom stereocenters. The van der Waals surface area contributed by atoms with E-state index in [1.807, 2.05) is 13.8 Å². The normalized spacial score (nSPS) is 13.9. The van der Waals surface area contributed by atoms with Gasteiger partial charge < -0.3 is 15.2 Å². The Balaban J connectivity index is 4.52. The van der Waals surface area contributed by atoms with Gasteiger partial charge in [0.1, 0.15) is 12.1 Å². The quantitative estimate of drug-likeness (QED) is 0.527. The summed E-state index contributed by atoms with van der Waals surface area (Å²) in [6, 6.07) is -0.790. The smallest absolute Gasteiger partial charge is 0.328 e. The van der Waals surface area contributed by atoms with Gasteiger partial charge in [0.25, 0.3) is 0 Å². The first-order valence-electron chi connectivity index (χ1n) is 5.98. The van der Waals surface area contributed by atoms with Crippen molar-refractivity contribution in [2.75, 3.05) is 7.11 Å². The summed E-state index contributed by atoms with van der Waals surface area (Å²) in [5, 5.41) is 12.1. The van der Waals surface area contributed by atoms with Crippen LogP contribution in [-0.2, 0) is 14.3 Å². The monoisotopic (exact) mass is 257 g/mol. The molecule has 0 aliphatic heterocycles. The molecule has 0 aliphatic rings. The number of carbonyl (C=O) groups is 2. The minimum absolute atomic E-state index is 0.198. The molecule has 0 aromatic heterocycles. The van der Waals surface area contributed by atoms with E-state index in [1.54, 1.807) is 6.92 Å². The molecule has 104 valence electrons. The van der Waals surface area contributed by atoms with E-state index in [0.29, 0.717) is 12.8 Å². The third kappa shape index (κ3) is 6.39. The molecule has 0 rings (SSSR count). The zero-order valence-electron chi connectivity index (χ0n) is 11.5. The number of aliphatic hydroxyl groups is 1. The van der Waals surface area contributed by atoms with Gasteiger partial charge in [0.2, 0.25) is 5.91 Å². The van der Waals surface area contributed by atoms with Gasteiger partial charge in [0, 0.05) is 0 Å². The number of hydrogen-bond acceptors (Lipinski definition) is 4. The summed E-state index contributed by atoms with van der Waals surface area (Å²) in [4.78, 5) is 23.2. The standard InChI is InChI=1S/C13H23NO4/c1-8(2)6-10(13(17)18-5)14-12(16)11(15)7-9(3)4/h9-11,15H,1,6-7H2,2-5H3,(H,14,16)/t10-,11-/m1/s1. The van der Waals surface area contributed by atoms with Gasteiger partial charge in [0.15, 0.2) is 0 Å². The number of carbonyl (C=O) groups excluding carboxylic acids is 2. The van der Waals surface area contributed by atoms with Crippen LogP contribution >= 0.6 is 0 Å². The Morgan fingerprint density at radius 3 is 2.33 bits per heavy atom. The predicted molar refractivity (Wildman–Crippen MR) is 68.8 cm³/mol. The Hall–Kier alpha value is -1.36. The Morgan fingerprint density at radius 1 is 1.39 bits per heavy atom. The highest BCUT2D eigenvalue weighted by atomic mass is 16.5. The maximum Gasteiger partial charge on any atom is 0.328 e. The lowest BCUT2D eigenvalue weighted by Crippen LogP contribution is -2.46. The van der Waals surface area contributed by atoms with Gasteiger partial charge >= 0.3 is 5.97 Å². The highest BCUT2D eigenvalue weighted by Crippen LogP contribution is 2.07. The molecule has 1 amide bonds. The van der Waals surface area contributed by atoms with Crippen molar-refractivity contribution in [2.45, 2.75) is 45.8 Å². The van der Waals surface area contributed by atoms with Crippen LogP contribution in [0, 0.1) is 5.92 Å². The second-order valence-electron chi connectivity index (χ2n) is 4.89. The fraction of sp³-hybridized carbons (Fsp3) is 0.692. The van der Waals surface area contributed by atoms with Crippen LogP contribution in [-0.4, -0.2) is 36.2 Å². The molecule has 0 saturated carbocycles. The lowest BCUT2D eigenvalue weighted by molar-refractivity contribution is -0.146. The Kier molecular flexibility index (Phi) is 7.27. The molecule has 0 saturated heterocycles. The van der Waals surface area contributed by atoms with Crippen molar-refractivity contribution in [3.63, 3.8) is 0 Å². The van der Waals surface area contributed by atoms with E-state index in [1.165, 1.54) is 7.11 Å². The van der Waals surface area contributed by atoms with Gasteiger partial charge in [-0.3, -0.25) is 4.79 Å². The molecule has 0 unspecified atom stereocenters. The van der Waals surface area contributed by atoms with Gasteiger partial charge in [-0.1, -0.05) is 19.4 Å². The molecule has 0 radical (unpaired) electrons. The Labute approximate surface area is 108 Å². The molecular weight excluding hydrogens is 234 g/mol. The molecule has 5 heteroatoms. The zero-order chi connectivity index (χ0) is 14.3. The van der Waals surface area contributed by atoms with Gasteiger partial charge in [0.05, 0.1) is 7.11 Å². The number of esters is 1. The maximum absolute atomic E-state index is 11.7.